The Bertz CT molecular complexity index is 1430. The number of urea groups is 1. The number of nitrogens with zero attached hydrogens (tertiary/aromatic N) is 3. The van der Waals surface area contributed by atoms with Crippen LogP contribution in [0.4, 0.5) is 9.18 Å². The number of carbonyl (C=O) groups excluding carboxylic acids is 3. The second-order valence-electron chi connectivity index (χ2n) is 8.20. The molecule has 172 valence electrons. The van der Waals surface area contributed by atoms with Crippen LogP contribution in [0.5, 0.6) is 0 Å². The van der Waals surface area contributed by atoms with Crippen molar-refractivity contribution in [3.63, 3.8) is 0 Å². The largest absolute Gasteiger partial charge is 0.344 e. The number of aryl methyl sites for hydroxylation is 1. The summed E-state index contributed by atoms with van der Waals surface area (Å²) in [5.74, 6) is -1.46. The summed E-state index contributed by atoms with van der Waals surface area (Å²) in [6, 6.07) is 16.0. The molecule has 0 bridgehead atoms. The van der Waals surface area contributed by atoms with Gasteiger partial charge in [0.05, 0.1) is 17.1 Å². The number of thiophene rings is 1. The summed E-state index contributed by atoms with van der Waals surface area (Å²) in [5.41, 5.74) is 3.37. The summed E-state index contributed by atoms with van der Waals surface area (Å²) in [6.45, 7) is 3.84. The molecular formula is C24H20FN5O3S. The lowest BCUT2D eigenvalue weighted by molar-refractivity contribution is -0.132. The van der Waals surface area contributed by atoms with Crippen molar-refractivity contribution in [1.29, 1.82) is 0 Å². The van der Waals surface area contributed by atoms with Gasteiger partial charge in [0.15, 0.2) is 0 Å². The molecule has 0 spiro atoms. The normalized spacial score (nSPS) is 17.9. The maximum atomic E-state index is 13.2. The third kappa shape index (κ3) is 3.61. The molecule has 2 aromatic carbocycles. The molecule has 4 amide bonds. The quantitative estimate of drug-likeness (QED) is 0.429. The lowest BCUT2D eigenvalue weighted by Crippen LogP contribution is -2.47. The Morgan fingerprint density at radius 3 is 2.56 bits per heavy atom. The van der Waals surface area contributed by atoms with Gasteiger partial charge >= 0.3 is 6.03 Å². The minimum Gasteiger partial charge on any atom is -0.318 e. The van der Waals surface area contributed by atoms with Crippen LogP contribution in [-0.2, 0) is 16.9 Å². The highest BCUT2D eigenvalue weighted by Gasteiger charge is 2.50. The van der Waals surface area contributed by atoms with E-state index in [1.54, 1.807) is 54.1 Å². The third-order valence-electron chi connectivity index (χ3n) is 5.83. The smallest absolute Gasteiger partial charge is 0.318 e. The molecule has 0 unspecified atom stereocenters. The Kier molecular flexibility index (Phi) is 5.17. The number of amides is 4. The maximum Gasteiger partial charge on any atom is 0.344 e. The van der Waals surface area contributed by atoms with Gasteiger partial charge in [-0.25, -0.2) is 9.18 Å². The number of hydrogen-bond acceptors (Lipinski definition) is 5. The van der Waals surface area contributed by atoms with E-state index in [0.717, 1.165) is 26.5 Å². The molecule has 2 aromatic heterocycles. The highest BCUT2D eigenvalue weighted by Crippen LogP contribution is 2.30. The van der Waals surface area contributed by atoms with Crippen molar-refractivity contribution in [2.45, 2.75) is 25.9 Å². The van der Waals surface area contributed by atoms with Crippen LogP contribution in [0.3, 0.4) is 0 Å². The first-order valence-corrected chi connectivity index (χ1v) is 11.3. The molecule has 1 aliphatic heterocycles. The van der Waals surface area contributed by atoms with E-state index in [2.05, 4.69) is 15.8 Å². The molecule has 0 aliphatic carbocycles. The first-order valence-electron chi connectivity index (χ1n) is 10.5. The van der Waals surface area contributed by atoms with Crippen molar-refractivity contribution >= 4 is 39.4 Å². The topological polar surface area (TPSA) is 96.3 Å². The average Bonchev–Trinajstić information content (AvgIpc) is 3.45. The zero-order chi connectivity index (χ0) is 24.0. The molecule has 4 aromatic rings. The monoisotopic (exact) mass is 477 g/mol. The van der Waals surface area contributed by atoms with Crippen LogP contribution < -0.4 is 10.7 Å². The Labute approximate surface area is 198 Å². The highest BCUT2D eigenvalue weighted by molar-refractivity contribution is 7.20. The lowest BCUT2D eigenvalue weighted by Gasteiger charge is -2.21. The molecule has 1 atom stereocenters. The summed E-state index contributed by atoms with van der Waals surface area (Å²) in [7, 11) is 0. The van der Waals surface area contributed by atoms with Crippen LogP contribution >= 0.6 is 11.3 Å². The summed E-state index contributed by atoms with van der Waals surface area (Å²) < 4.78 is 15.0. The van der Waals surface area contributed by atoms with E-state index in [1.807, 2.05) is 13.0 Å². The predicted molar refractivity (Wildman–Crippen MR) is 124 cm³/mol. The molecule has 5 rings (SSSR count). The summed E-state index contributed by atoms with van der Waals surface area (Å²) >= 11 is 1.20. The van der Waals surface area contributed by atoms with Crippen molar-refractivity contribution in [2.24, 2.45) is 0 Å². The van der Waals surface area contributed by atoms with Gasteiger partial charge in [0.25, 0.3) is 11.8 Å². The Hall–Kier alpha value is -4.05. The fraction of sp³-hybridized carbons (Fsp3) is 0.167. The van der Waals surface area contributed by atoms with Crippen LogP contribution in [0.1, 0.15) is 33.4 Å². The van der Waals surface area contributed by atoms with E-state index in [1.165, 1.54) is 23.5 Å². The standard InChI is InChI=1S/C24H20FN5O3S/c1-14-18-12-19(34-21(18)29(27-14)13-15-8-10-17(25)11-9-15)20(31)28-30-22(32)24(2,26-23(30)33)16-6-4-3-5-7-16/h3-12H,13H2,1-2H3,(H,26,33)(H,28,31)/t24-/m0/s1. The molecule has 34 heavy (non-hydrogen) atoms. The number of halogens is 1. The minimum atomic E-state index is -1.28. The number of rotatable bonds is 5. The van der Waals surface area contributed by atoms with Crippen LogP contribution in [0.25, 0.3) is 10.2 Å². The first-order chi connectivity index (χ1) is 16.3. The maximum absolute atomic E-state index is 13.2. The number of hydrazine groups is 1. The van der Waals surface area contributed by atoms with Gasteiger partial charge in [-0.2, -0.15) is 10.1 Å². The van der Waals surface area contributed by atoms with Gasteiger partial charge in [-0.05, 0) is 43.2 Å². The zero-order valence-corrected chi connectivity index (χ0v) is 19.1. The molecule has 1 fully saturated rings. The van der Waals surface area contributed by atoms with E-state index in [-0.39, 0.29) is 5.82 Å². The SMILES string of the molecule is Cc1nn(Cc2ccc(F)cc2)c2sc(C(=O)NN3C(=O)N[C@@](C)(c4ccccc4)C3=O)cc12. The van der Waals surface area contributed by atoms with E-state index < -0.39 is 23.4 Å². The Balaban J connectivity index is 1.38. The second kappa shape index (κ2) is 8.07. The van der Waals surface area contributed by atoms with Gasteiger partial charge in [-0.1, -0.05) is 42.5 Å². The fourth-order valence-electron chi connectivity index (χ4n) is 3.96. The van der Waals surface area contributed by atoms with Crippen LogP contribution in [-0.4, -0.2) is 32.6 Å². The summed E-state index contributed by atoms with van der Waals surface area (Å²) in [4.78, 5) is 39.7. The molecule has 3 heterocycles. The fourth-order valence-corrected chi connectivity index (χ4v) is 5.01. The molecular weight excluding hydrogens is 457 g/mol. The van der Waals surface area contributed by atoms with E-state index >= 15 is 0 Å². The number of benzene rings is 2. The Morgan fingerprint density at radius 2 is 1.85 bits per heavy atom. The van der Waals surface area contributed by atoms with Gasteiger partial charge < -0.3 is 5.32 Å². The number of imide groups is 1. The number of fused-ring (bicyclic) bond motifs is 1. The summed E-state index contributed by atoms with van der Waals surface area (Å²) in [6.07, 6.45) is 0. The minimum absolute atomic E-state index is 0.315. The van der Waals surface area contributed by atoms with Gasteiger partial charge in [0, 0.05) is 5.39 Å². The number of aromatic nitrogens is 2. The van der Waals surface area contributed by atoms with Crippen molar-refractivity contribution < 1.29 is 18.8 Å². The lowest BCUT2D eigenvalue weighted by atomic mass is 9.92. The van der Waals surface area contributed by atoms with Gasteiger partial charge in [-0.15, -0.1) is 11.3 Å². The molecule has 1 saturated heterocycles. The predicted octanol–water partition coefficient (Wildman–Crippen LogP) is 3.71. The van der Waals surface area contributed by atoms with Gasteiger partial charge in [-0.3, -0.25) is 19.7 Å². The first kappa shape index (κ1) is 21.8. The highest BCUT2D eigenvalue weighted by atomic mass is 32.1. The zero-order valence-electron chi connectivity index (χ0n) is 18.3. The molecule has 1 aliphatic rings. The molecule has 0 saturated carbocycles. The van der Waals surface area contributed by atoms with E-state index in [0.29, 0.717) is 17.0 Å². The molecule has 10 heteroatoms. The van der Waals surface area contributed by atoms with Gasteiger partial charge in [0.2, 0.25) is 0 Å². The summed E-state index contributed by atoms with van der Waals surface area (Å²) in [5, 5.41) is 8.70. The number of carbonyl (C=O) groups is 3. The van der Waals surface area contributed by atoms with Crippen molar-refractivity contribution in [1.82, 2.24) is 25.5 Å². The van der Waals surface area contributed by atoms with E-state index in [4.69, 9.17) is 0 Å². The van der Waals surface area contributed by atoms with Crippen LogP contribution in [0.2, 0.25) is 0 Å². The Morgan fingerprint density at radius 1 is 1.15 bits per heavy atom. The average molecular weight is 478 g/mol. The molecule has 8 nitrogen and oxygen atoms in total. The molecule has 2 N–H and O–H groups in total. The number of hydrogen-bond donors (Lipinski definition) is 2. The number of nitrogens with one attached hydrogen (secondary N) is 2. The van der Waals surface area contributed by atoms with Crippen molar-refractivity contribution in [3.05, 3.63) is 88.2 Å². The van der Waals surface area contributed by atoms with Crippen LogP contribution in [0.15, 0.2) is 60.7 Å². The van der Waals surface area contributed by atoms with Crippen molar-refractivity contribution in [3.8, 4) is 0 Å². The van der Waals surface area contributed by atoms with E-state index in [9.17, 15) is 18.8 Å². The van der Waals surface area contributed by atoms with Gasteiger partial charge in [0.1, 0.15) is 16.2 Å². The van der Waals surface area contributed by atoms with Crippen molar-refractivity contribution in [2.75, 3.05) is 0 Å². The molecule has 0 radical (unpaired) electrons. The second-order valence-corrected chi connectivity index (χ2v) is 9.23. The third-order valence-corrected chi connectivity index (χ3v) is 6.98. The van der Waals surface area contributed by atoms with Crippen LogP contribution in [0, 0.1) is 12.7 Å².